The molecule has 0 unspecified atom stereocenters. The minimum atomic E-state index is -0.130. The van der Waals surface area contributed by atoms with Gasteiger partial charge in [0.15, 0.2) is 5.84 Å². The number of allylic oxidation sites excluding steroid dienone is 1. The Balaban J connectivity index is 0.985. The Hall–Kier alpha value is -7.94. The first kappa shape index (κ1) is 38.0. The molecular formula is C61H44N2. The van der Waals surface area contributed by atoms with E-state index in [2.05, 4.69) is 202 Å². The lowest BCUT2D eigenvalue weighted by Crippen LogP contribution is -2.15. The molecule has 11 rings (SSSR count). The SMILES string of the molecule is CC1(C)c2cc(-c3ccc(-c4ccc(/C=C/C(=NC(=N)c5ccccc5)c5cccc(-c6ccccc6)c5)c5ccccc45)c4ccccc34)ccc2-c2ccc3ccccc3c21. The number of aliphatic imine (C=N–C) groups is 1. The molecule has 298 valence electrons. The number of rotatable bonds is 7. The zero-order valence-corrected chi connectivity index (χ0v) is 35.3. The minimum absolute atomic E-state index is 0.130. The number of hydrogen-bond donors (Lipinski definition) is 1. The van der Waals surface area contributed by atoms with Gasteiger partial charge in [0.25, 0.3) is 0 Å². The van der Waals surface area contributed by atoms with Crippen LogP contribution in [0, 0.1) is 5.41 Å². The summed E-state index contributed by atoms with van der Waals surface area (Å²) in [5, 5.41) is 16.4. The summed E-state index contributed by atoms with van der Waals surface area (Å²) in [4.78, 5) is 4.94. The molecule has 0 aliphatic heterocycles. The molecule has 0 spiro atoms. The molecule has 1 aliphatic carbocycles. The quantitative estimate of drug-likeness (QED) is 0.123. The highest BCUT2D eigenvalue weighted by molar-refractivity contribution is 6.19. The number of hydrogen-bond acceptors (Lipinski definition) is 1. The highest BCUT2D eigenvalue weighted by atomic mass is 14.8. The number of fused-ring (bicyclic) bond motifs is 7. The third-order valence-electron chi connectivity index (χ3n) is 13.0. The lowest BCUT2D eigenvalue weighted by molar-refractivity contribution is 0.666. The van der Waals surface area contributed by atoms with Gasteiger partial charge in [-0.05, 0) is 112 Å². The zero-order chi connectivity index (χ0) is 42.5. The second-order valence-electron chi connectivity index (χ2n) is 17.0. The number of amidine groups is 1. The number of nitrogens with one attached hydrogen (secondary N) is 1. The van der Waals surface area contributed by atoms with Crippen LogP contribution >= 0.6 is 0 Å². The molecule has 0 amide bonds. The Morgan fingerprint density at radius 2 is 0.984 bits per heavy atom. The maximum absolute atomic E-state index is 8.98. The van der Waals surface area contributed by atoms with E-state index in [1.807, 2.05) is 36.4 Å². The zero-order valence-electron chi connectivity index (χ0n) is 35.3. The average molecular weight is 805 g/mol. The van der Waals surface area contributed by atoms with Crippen LogP contribution in [0.1, 0.15) is 41.7 Å². The summed E-state index contributed by atoms with van der Waals surface area (Å²) in [6, 6.07) is 75.7. The van der Waals surface area contributed by atoms with Crippen molar-refractivity contribution >= 4 is 49.9 Å². The second-order valence-corrected chi connectivity index (χ2v) is 17.0. The summed E-state index contributed by atoms with van der Waals surface area (Å²) >= 11 is 0. The Kier molecular flexibility index (Phi) is 9.36. The summed E-state index contributed by atoms with van der Waals surface area (Å²) in [5.74, 6) is 0.221. The van der Waals surface area contributed by atoms with Gasteiger partial charge in [-0.1, -0.05) is 220 Å². The van der Waals surface area contributed by atoms with Crippen molar-refractivity contribution in [2.24, 2.45) is 4.99 Å². The summed E-state index contributed by atoms with van der Waals surface area (Å²) in [5.41, 5.74) is 16.0. The number of benzene rings is 10. The summed E-state index contributed by atoms with van der Waals surface area (Å²) in [6.45, 7) is 4.76. The van der Waals surface area contributed by atoms with Crippen molar-refractivity contribution in [3.05, 3.63) is 246 Å². The van der Waals surface area contributed by atoms with E-state index in [0.717, 1.165) is 38.9 Å². The Morgan fingerprint density at radius 1 is 0.429 bits per heavy atom. The van der Waals surface area contributed by atoms with E-state index >= 15 is 0 Å². The highest BCUT2D eigenvalue weighted by Gasteiger charge is 2.37. The van der Waals surface area contributed by atoms with Crippen molar-refractivity contribution in [1.82, 2.24) is 0 Å². The molecule has 0 radical (unpaired) electrons. The van der Waals surface area contributed by atoms with Crippen LogP contribution in [0.2, 0.25) is 0 Å². The van der Waals surface area contributed by atoms with Crippen LogP contribution in [0.3, 0.4) is 0 Å². The molecule has 10 aromatic carbocycles. The van der Waals surface area contributed by atoms with Crippen molar-refractivity contribution in [2.75, 3.05) is 0 Å². The third kappa shape index (κ3) is 6.68. The topological polar surface area (TPSA) is 36.2 Å². The minimum Gasteiger partial charge on any atom is -0.282 e. The van der Waals surface area contributed by atoms with Crippen LogP contribution < -0.4 is 0 Å². The molecule has 0 saturated carbocycles. The molecule has 0 fully saturated rings. The molecule has 1 N–H and O–H groups in total. The van der Waals surface area contributed by atoms with Crippen LogP contribution in [0.4, 0.5) is 0 Å². The maximum atomic E-state index is 8.98. The summed E-state index contributed by atoms with van der Waals surface area (Å²) in [7, 11) is 0. The molecule has 63 heavy (non-hydrogen) atoms. The molecule has 0 bridgehead atoms. The van der Waals surface area contributed by atoms with E-state index in [1.165, 1.54) is 71.4 Å². The highest BCUT2D eigenvalue weighted by Crippen LogP contribution is 2.52. The van der Waals surface area contributed by atoms with Gasteiger partial charge in [-0.3, -0.25) is 5.41 Å². The Morgan fingerprint density at radius 3 is 1.75 bits per heavy atom. The molecular weight excluding hydrogens is 761 g/mol. The fraction of sp³-hybridized carbons (Fsp3) is 0.0492. The van der Waals surface area contributed by atoms with Crippen molar-refractivity contribution < 1.29 is 0 Å². The van der Waals surface area contributed by atoms with Gasteiger partial charge < -0.3 is 0 Å². The largest absolute Gasteiger partial charge is 0.282 e. The Labute approximate surface area is 368 Å². The van der Waals surface area contributed by atoms with E-state index in [0.29, 0.717) is 0 Å². The van der Waals surface area contributed by atoms with Crippen molar-refractivity contribution in [3.8, 4) is 44.5 Å². The molecule has 2 nitrogen and oxygen atoms in total. The van der Waals surface area contributed by atoms with Crippen LogP contribution in [-0.4, -0.2) is 11.5 Å². The molecule has 0 saturated heterocycles. The molecule has 0 aromatic heterocycles. The molecule has 0 atom stereocenters. The standard InChI is InChI=1S/C61H44N2/c1-61(2)57-39-45(30-33-55(57)56-34-29-41-18-9-10-24-49(41)59(56)61)48-35-36-54(52-27-14-13-26-51(48)52)53-32-28-42(47-23-11-12-25-50(47)53)31-37-58(63-60(62)43-19-7-4-8-20-43)46-22-15-21-44(38-46)40-16-5-3-6-17-40/h3-39,62H,1-2H3/b37-31+,62-60?,63-58?. The first-order valence-electron chi connectivity index (χ1n) is 21.7. The van der Waals surface area contributed by atoms with E-state index < -0.39 is 0 Å². The molecule has 0 heterocycles. The van der Waals surface area contributed by atoms with Gasteiger partial charge in [0, 0.05) is 16.5 Å². The van der Waals surface area contributed by atoms with Gasteiger partial charge in [0.05, 0.1) is 5.71 Å². The average Bonchev–Trinajstić information content (AvgIpc) is 3.58. The van der Waals surface area contributed by atoms with Gasteiger partial charge in [-0.2, -0.15) is 0 Å². The first-order valence-corrected chi connectivity index (χ1v) is 21.7. The maximum Gasteiger partial charge on any atom is 0.152 e. The van der Waals surface area contributed by atoms with Crippen molar-refractivity contribution in [2.45, 2.75) is 19.3 Å². The van der Waals surface area contributed by atoms with Gasteiger partial charge in [-0.15, -0.1) is 0 Å². The van der Waals surface area contributed by atoms with Crippen molar-refractivity contribution in [1.29, 1.82) is 5.41 Å². The van der Waals surface area contributed by atoms with E-state index in [1.54, 1.807) is 0 Å². The molecule has 1 aliphatic rings. The van der Waals surface area contributed by atoms with E-state index in [4.69, 9.17) is 10.4 Å². The monoisotopic (exact) mass is 804 g/mol. The molecule has 2 heteroatoms. The number of nitrogens with zero attached hydrogens (tertiary/aromatic N) is 1. The van der Waals surface area contributed by atoms with Gasteiger partial charge >= 0.3 is 0 Å². The normalized spacial score (nSPS) is 13.1. The lowest BCUT2D eigenvalue weighted by atomic mass is 9.79. The fourth-order valence-electron chi connectivity index (χ4n) is 9.89. The second kappa shape index (κ2) is 15.5. The van der Waals surface area contributed by atoms with Crippen LogP contribution in [0.5, 0.6) is 0 Å². The lowest BCUT2D eigenvalue weighted by Gasteiger charge is -2.24. The van der Waals surface area contributed by atoms with Crippen LogP contribution in [-0.2, 0) is 5.41 Å². The summed E-state index contributed by atoms with van der Waals surface area (Å²) in [6.07, 6.45) is 4.21. The van der Waals surface area contributed by atoms with E-state index in [-0.39, 0.29) is 11.3 Å². The summed E-state index contributed by atoms with van der Waals surface area (Å²) < 4.78 is 0. The predicted molar refractivity (Wildman–Crippen MR) is 268 cm³/mol. The van der Waals surface area contributed by atoms with Crippen LogP contribution in [0.25, 0.3) is 82.9 Å². The third-order valence-corrected chi connectivity index (χ3v) is 13.0. The molecule has 10 aromatic rings. The fourth-order valence-corrected chi connectivity index (χ4v) is 9.89. The predicted octanol–water partition coefficient (Wildman–Crippen LogP) is 16.0. The van der Waals surface area contributed by atoms with Gasteiger partial charge in [0.2, 0.25) is 0 Å². The van der Waals surface area contributed by atoms with Crippen LogP contribution in [0.15, 0.2) is 223 Å². The Bertz CT molecular complexity index is 3480. The smallest absolute Gasteiger partial charge is 0.152 e. The van der Waals surface area contributed by atoms with Gasteiger partial charge in [0.1, 0.15) is 0 Å². The van der Waals surface area contributed by atoms with Crippen molar-refractivity contribution in [3.63, 3.8) is 0 Å². The van der Waals surface area contributed by atoms with E-state index in [9.17, 15) is 0 Å². The first-order chi connectivity index (χ1) is 30.9. The van der Waals surface area contributed by atoms with Gasteiger partial charge in [-0.25, -0.2) is 4.99 Å².